The third-order valence-corrected chi connectivity index (χ3v) is 3.48. The van der Waals surface area contributed by atoms with Crippen molar-refractivity contribution in [3.8, 4) is 0 Å². The second-order valence-corrected chi connectivity index (χ2v) is 4.58. The molecule has 2 fully saturated rings. The Kier molecular flexibility index (Phi) is 3.07. The topological polar surface area (TPSA) is 55.7 Å². The van der Waals surface area contributed by atoms with Gasteiger partial charge in [-0.05, 0) is 32.4 Å². The Balaban J connectivity index is 1.88. The summed E-state index contributed by atoms with van der Waals surface area (Å²) in [7, 11) is 0. The van der Waals surface area contributed by atoms with Crippen LogP contribution in [0, 0.1) is 0 Å². The molecule has 0 aromatic rings. The van der Waals surface area contributed by atoms with Gasteiger partial charge in [0.15, 0.2) is 0 Å². The van der Waals surface area contributed by atoms with E-state index in [9.17, 15) is 5.11 Å². The van der Waals surface area contributed by atoms with Gasteiger partial charge in [-0.2, -0.15) is 0 Å². The van der Waals surface area contributed by atoms with E-state index in [4.69, 9.17) is 5.11 Å². The van der Waals surface area contributed by atoms with Crippen LogP contribution in [0.3, 0.4) is 0 Å². The quantitative estimate of drug-likeness (QED) is 0.544. The standard InChI is InChI=1S/C10H20N2O2/c13-8-10(14)3-6-12(7-10)9-1-4-11-5-2-9/h9,11,13-14H,1-8H2. The van der Waals surface area contributed by atoms with Crippen molar-refractivity contribution >= 4 is 0 Å². The highest BCUT2D eigenvalue weighted by Gasteiger charge is 2.38. The maximum absolute atomic E-state index is 9.89. The minimum atomic E-state index is -0.828. The molecule has 14 heavy (non-hydrogen) atoms. The van der Waals surface area contributed by atoms with Crippen LogP contribution < -0.4 is 5.32 Å². The van der Waals surface area contributed by atoms with Crippen LogP contribution in [0.2, 0.25) is 0 Å². The van der Waals surface area contributed by atoms with Crippen molar-refractivity contribution in [2.75, 3.05) is 32.8 Å². The van der Waals surface area contributed by atoms with Crippen LogP contribution >= 0.6 is 0 Å². The second-order valence-electron chi connectivity index (χ2n) is 4.58. The SMILES string of the molecule is OCC1(O)CCN(C2CCNCC2)C1. The number of aliphatic hydroxyl groups is 2. The first-order chi connectivity index (χ1) is 6.73. The molecule has 0 spiro atoms. The van der Waals surface area contributed by atoms with Gasteiger partial charge in [0.25, 0.3) is 0 Å². The van der Waals surface area contributed by atoms with Gasteiger partial charge in [-0.25, -0.2) is 0 Å². The molecule has 1 atom stereocenters. The lowest BCUT2D eigenvalue weighted by Crippen LogP contribution is -2.44. The van der Waals surface area contributed by atoms with E-state index < -0.39 is 5.60 Å². The van der Waals surface area contributed by atoms with E-state index >= 15 is 0 Å². The third-order valence-electron chi connectivity index (χ3n) is 3.48. The van der Waals surface area contributed by atoms with Gasteiger partial charge in [0.1, 0.15) is 5.60 Å². The lowest BCUT2D eigenvalue weighted by atomic mass is 10.0. The molecule has 0 saturated carbocycles. The Morgan fingerprint density at radius 2 is 2.07 bits per heavy atom. The number of nitrogens with one attached hydrogen (secondary N) is 1. The van der Waals surface area contributed by atoms with Crippen molar-refractivity contribution in [3.05, 3.63) is 0 Å². The average Bonchev–Trinajstić information content (AvgIpc) is 2.63. The van der Waals surface area contributed by atoms with E-state index in [1.165, 1.54) is 12.8 Å². The summed E-state index contributed by atoms with van der Waals surface area (Å²) < 4.78 is 0. The van der Waals surface area contributed by atoms with E-state index in [-0.39, 0.29) is 6.61 Å². The van der Waals surface area contributed by atoms with Crippen LogP contribution in [0.4, 0.5) is 0 Å². The van der Waals surface area contributed by atoms with Crippen molar-refractivity contribution in [2.24, 2.45) is 0 Å². The first-order valence-electron chi connectivity index (χ1n) is 5.51. The van der Waals surface area contributed by atoms with Crippen LogP contribution in [0.25, 0.3) is 0 Å². The summed E-state index contributed by atoms with van der Waals surface area (Å²) in [6, 6.07) is 0.608. The largest absolute Gasteiger partial charge is 0.393 e. The zero-order valence-electron chi connectivity index (χ0n) is 8.58. The Hall–Kier alpha value is -0.160. The summed E-state index contributed by atoms with van der Waals surface area (Å²) in [6.45, 7) is 3.64. The summed E-state index contributed by atoms with van der Waals surface area (Å²) in [4.78, 5) is 2.33. The maximum atomic E-state index is 9.89. The van der Waals surface area contributed by atoms with Gasteiger partial charge >= 0.3 is 0 Å². The van der Waals surface area contributed by atoms with Gasteiger partial charge in [-0.1, -0.05) is 0 Å². The summed E-state index contributed by atoms with van der Waals surface area (Å²) in [6.07, 6.45) is 3.05. The molecular weight excluding hydrogens is 180 g/mol. The Morgan fingerprint density at radius 3 is 2.64 bits per heavy atom. The van der Waals surface area contributed by atoms with Crippen LogP contribution in [0.15, 0.2) is 0 Å². The molecule has 4 nitrogen and oxygen atoms in total. The number of hydrogen-bond donors (Lipinski definition) is 3. The van der Waals surface area contributed by atoms with Gasteiger partial charge in [-0.15, -0.1) is 0 Å². The van der Waals surface area contributed by atoms with E-state index in [2.05, 4.69) is 10.2 Å². The Labute approximate surface area is 84.9 Å². The first-order valence-corrected chi connectivity index (χ1v) is 5.51. The molecule has 2 heterocycles. The molecule has 0 aromatic heterocycles. The molecule has 82 valence electrons. The van der Waals surface area contributed by atoms with E-state index in [1.54, 1.807) is 0 Å². The Morgan fingerprint density at radius 1 is 1.36 bits per heavy atom. The molecule has 0 amide bonds. The zero-order valence-corrected chi connectivity index (χ0v) is 8.58. The number of likely N-dealkylation sites (tertiary alicyclic amines) is 1. The molecule has 3 N–H and O–H groups in total. The molecule has 4 heteroatoms. The molecule has 0 radical (unpaired) electrons. The van der Waals surface area contributed by atoms with Crippen LogP contribution in [0.1, 0.15) is 19.3 Å². The van der Waals surface area contributed by atoms with Crippen molar-refractivity contribution < 1.29 is 10.2 Å². The van der Waals surface area contributed by atoms with Crippen LogP contribution in [0.5, 0.6) is 0 Å². The minimum Gasteiger partial charge on any atom is -0.393 e. The van der Waals surface area contributed by atoms with E-state index in [0.717, 1.165) is 19.6 Å². The minimum absolute atomic E-state index is 0.103. The number of β-amino-alcohol motifs (C(OH)–C–C–N with tert-alkyl or cyclic N) is 1. The van der Waals surface area contributed by atoms with Crippen molar-refractivity contribution in [2.45, 2.75) is 30.9 Å². The predicted octanol–water partition coefficient (Wildman–Crippen LogP) is -0.832. The van der Waals surface area contributed by atoms with E-state index in [1.807, 2.05) is 0 Å². The molecule has 2 saturated heterocycles. The molecular formula is C10H20N2O2. The molecule has 1 unspecified atom stereocenters. The summed E-state index contributed by atoms with van der Waals surface area (Å²) in [5.74, 6) is 0. The van der Waals surface area contributed by atoms with E-state index in [0.29, 0.717) is 19.0 Å². The van der Waals surface area contributed by atoms with Crippen molar-refractivity contribution in [1.82, 2.24) is 10.2 Å². The number of hydrogen-bond acceptors (Lipinski definition) is 4. The van der Waals surface area contributed by atoms with Crippen LogP contribution in [-0.2, 0) is 0 Å². The van der Waals surface area contributed by atoms with Crippen molar-refractivity contribution in [3.63, 3.8) is 0 Å². The summed E-state index contributed by atoms with van der Waals surface area (Å²) >= 11 is 0. The molecule has 0 aromatic carbocycles. The highest BCUT2D eigenvalue weighted by atomic mass is 16.3. The lowest BCUT2D eigenvalue weighted by Gasteiger charge is -2.32. The molecule has 2 aliphatic heterocycles. The Bertz CT molecular complexity index is 195. The summed E-state index contributed by atoms with van der Waals surface area (Å²) in [5.41, 5.74) is -0.828. The fourth-order valence-electron chi connectivity index (χ4n) is 2.50. The highest BCUT2D eigenvalue weighted by Crippen LogP contribution is 2.25. The van der Waals surface area contributed by atoms with Gasteiger partial charge in [0.2, 0.25) is 0 Å². The first kappa shape index (κ1) is 10.4. The zero-order chi connectivity index (χ0) is 10.0. The van der Waals surface area contributed by atoms with Gasteiger partial charge < -0.3 is 15.5 Å². The third kappa shape index (κ3) is 2.08. The summed E-state index contributed by atoms with van der Waals surface area (Å²) in [5, 5.41) is 22.3. The smallest absolute Gasteiger partial charge is 0.102 e. The molecule has 0 bridgehead atoms. The molecule has 2 aliphatic rings. The van der Waals surface area contributed by atoms with Crippen LogP contribution in [-0.4, -0.2) is 59.5 Å². The molecule has 0 aliphatic carbocycles. The molecule has 2 rings (SSSR count). The normalized spacial score (nSPS) is 36.4. The predicted molar refractivity (Wildman–Crippen MR) is 54.1 cm³/mol. The fraction of sp³-hybridized carbons (Fsp3) is 1.00. The average molecular weight is 200 g/mol. The van der Waals surface area contributed by atoms with Crippen molar-refractivity contribution in [1.29, 1.82) is 0 Å². The maximum Gasteiger partial charge on any atom is 0.102 e. The van der Waals surface area contributed by atoms with Gasteiger partial charge in [-0.3, -0.25) is 4.90 Å². The fourth-order valence-corrected chi connectivity index (χ4v) is 2.50. The second kappa shape index (κ2) is 4.14. The number of nitrogens with zero attached hydrogens (tertiary/aromatic N) is 1. The number of rotatable bonds is 2. The number of piperidine rings is 1. The monoisotopic (exact) mass is 200 g/mol. The van der Waals surface area contributed by atoms with Gasteiger partial charge in [0.05, 0.1) is 6.61 Å². The number of aliphatic hydroxyl groups excluding tert-OH is 1. The van der Waals surface area contributed by atoms with Gasteiger partial charge in [0, 0.05) is 19.1 Å². The highest BCUT2D eigenvalue weighted by molar-refractivity contribution is 4.93. The lowest BCUT2D eigenvalue weighted by molar-refractivity contribution is -0.00963.